The SMILES string of the molecule is CC(C)c1cccc(C(C)C)c1N1C(=O)c2ccc3c4cccc5c(C=C6c7ccccc7N(C)c7ccccc76)ccc(c6ccc(c2c36)C1=O)c54. The van der Waals surface area contributed by atoms with Crippen LogP contribution in [0.1, 0.15) is 88.1 Å². The van der Waals surface area contributed by atoms with Crippen LogP contribution in [0.3, 0.4) is 0 Å². The van der Waals surface area contributed by atoms with Crippen LogP contribution in [-0.4, -0.2) is 18.9 Å². The lowest BCUT2D eigenvalue weighted by molar-refractivity contribution is 0.0893. The first-order chi connectivity index (χ1) is 25.7. The fraction of sp³-hybridized carbons (Fsp3) is 0.143. The van der Waals surface area contributed by atoms with Gasteiger partial charge in [0.2, 0.25) is 0 Å². The van der Waals surface area contributed by atoms with Gasteiger partial charge in [-0.25, -0.2) is 4.90 Å². The fourth-order valence-electron chi connectivity index (χ4n) is 9.18. The molecule has 0 aliphatic carbocycles. The Kier molecular flexibility index (Phi) is 6.75. The maximum absolute atomic E-state index is 14.7. The van der Waals surface area contributed by atoms with E-state index in [-0.39, 0.29) is 23.7 Å². The molecule has 0 saturated carbocycles. The van der Waals surface area contributed by atoms with Crippen molar-refractivity contribution in [1.82, 2.24) is 0 Å². The molecule has 0 fully saturated rings. The van der Waals surface area contributed by atoms with Crippen LogP contribution < -0.4 is 9.80 Å². The minimum Gasteiger partial charge on any atom is -0.344 e. The summed E-state index contributed by atoms with van der Waals surface area (Å²) < 4.78 is 0. The van der Waals surface area contributed by atoms with Gasteiger partial charge < -0.3 is 4.90 Å². The van der Waals surface area contributed by atoms with Crippen LogP contribution in [-0.2, 0) is 0 Å². The van der Waals surface area contributed by atoms with Gasteiger partial charge in [-0.1, -0.05) is 125 Å². The molecular weight excluding hydrogens is 649 g/mol. The van der Waals surface area contributed by atoms with Gasteiger partial charge in [0, 0.05) is 46.1 Å². The quantitative estimate of drug-likeness (QED) is 0.105. The largest absolute Gasteiger partial charge is 0.344 e. The number of hydrogen-bond donors (Lipinski definition) is 0. The zero-order valence-electron chi connectivity index (χ0n) is 30.5. The van der Waals surface area contributed by atoms with Gasteiger partial charge in [0.05, 0.1) is 5.69 Å². The van der Waals surface area contributed by atoms with Gasteiger partial charge in [-0.3, -0.25) is 9.59 Å². The summed E-state index contributed by atoms with van der Waals surface area (Å²) in [6, 6.07) is 42.4. The summed E-state index contributed by atoms with van der Waals surface area (Å²) in [6.45, 7) is 8.47. The van der Waals surface area contributed by atoms with E-state index in [2.05, 4.69) is 137 Å². The molecule has 0 unspecified atom stereocenters. The molecule has 8 aromatic rings. The molecule has 0 bridgehead atoms. The van der Waals surface area contributed by atoms with E-state index in [1.54, 1.807) is 0 Å². The summed E-state index contributed by atoms with van der Waals surface area (Å²) in [5.41, 5.74) is 11.0. The van der Waals surface area contributed by atoms with Crippen LogP contribution in [0, 0.1) is 0 Å². The second-order valence-electron chi connectivity index (χ2n) is 15.2. The fourth-order valence-corrected chi connectivity index (χ4v) is 9.18. The normalized spacial score (nSPS) is 14.1. The number of fused-ring (bicyclic) bond motifs is 4. The van der Waals surface area contributed by atoms with Crippen LogP contribution in [0.2, 0.25) is 0 Å². The van der Waals surface area contributed by atoms with Gasteiger partial charge in [0.15, 0.2) is 0 Å². The lowest BCUT2D eigenvalue weighted by Crippen LogP contribution is -2.41. The lowest BCUT2D eigenvalue weighted by atomic mass is 9.83. The third-order valence-corrected chi connectivity index (χ3v) is 11.7. The molecule has 0 atom stereocenters. The van der Waals surface area contributed by atoms with Crippen LogP contribution in [0.4, 0.5) is 17.1 Å². The van der Waals surface area contributed by atoms with Crippen molar-refractivity contribution in [3.8, 4) is 0 Å². The molecule has 0 saturated heterocycles. The number of carbonyl (C=O) groups is 2. The summed E-state index contributed by atoms with van der Waals surface area (Å²) >= 11 is 0. The molecule has 2 aliphatic heterocycles. The van der Waals surface area contributed by atoms with Crippen LogP contribution >= 0.6 is 0 Å². The second kappa shape index (κ2) is 11.4. The Morgan fingerprint density at radius 2 is 0.962 bits per heavy atom. The highest BCUT2D eigenvalue weighted by atomic mass is 16.2. The zero-order chi connectivity index (χ0) is 36.3. The van der Waals surface area contributed by atoms with E-state index in [4.69, 9.17) is 0 Å². The first kappa shape index (κ1) is 31.5. The van der Waals surface area contributed by atoms with Crippen LogP contribution in [0.5, 0.6) is 0 Å². The smallest absolute Gasteiger partial charge is 0.266 e. The monoisotopic (exact) mass is 686 g/mol. The molecule has 2 amide bonds. The van der Waals surface area contributed by atoms with Crippen molar-refractivity contribution >= 4 is 83.6 Å². The molecule has 2 aliphatic rings. The number of hydrogen-bond acceptors (Lipinski definition) is 3. The van der Waals surface area contributed by atoms with E-state index in [0.29, 0.717) is 11.1 Å². The van der Waals surface area contributed by atoms with E-state index >= 15 is 0 Å². The van der Waals surface area contributed by atoms with E-state index in [0.717, 1.165) is 54.7 Å². The number of rotatable bonds is 4. The van der Waals surface area contributed by atoms with E-state index in [1.807, 2.05) is 30.3 Å². The summed E-state index contributed by atoms with van der Waals surface area (Å²) in [5, 5.41) is 8.44. The minimum absolute atomic E-state index is 0.141. The number of benzene rings is 8. The van der Waals surface area contributed by atoms with Crippen molar-refractivity contribution in [2.45, 2.75) is 39.5 Å². The molecule has 4 nitrogen and oxygen atoms in total. The third kappa shape index (κ3) is 4.29. The summed E-state index contributed by atoms with van der Waals surface area (Å²) in [6.07, 6.45) is 2.34. The molecule has 0 N–H and O–H groups in total. The Balaban J connectivity index is 1.21. The number of imide groups is 1. The average molecular weight is 687 g/mol. The lowest BCUT2D eigenvalue weighted by Gasteiger charge is -2.32. The molecule has 2 heterocycles. The van der Waals surface area contributed by atoms with Gasteiger partial charge in [0.25, 0.3) is 11.8 Å². The van der Waals surface area contributed by atoms with E-state index < -0.39 is 0 Å². The van der Waals surface area contributed by atoms with Crippen molar-refractivity contribution in [1.29, 1.82) is 0 Å². The standard InChI is InChI=1S/C49H38N2O2/c1-27(2)30-14-10-15-31(28(3)4)47(30)51-48(52)39-24-22-37-35-17-11-16-32-29(20-21-36(44(32)35)38-23-25-40(49(51)53)46(39)45(37)38)26-41-33-12-6-8-18-42(33)50(5)43-19-9-7-13-34(41)43/h6-28H,1-5H3. The first-order valence-electron chi connectivity index (χ1n) is 18.6. The van der Waals surface area contributed by atoms with E-state index in [1.165, 1.54) is 43.7 Å². The van der Waals surface area contributed by atoms with Crippen LogP contribution in [0.15, 0.2) is 121 Å². The summed E-state index contributed by atoms with van der Waals surface area (Å²) in [4.78, 5) is 33.0. The Labute approximate surface area is 308 Å². The van der Waals surface area contributed by atoms with E-state index in [9.17, 15) is 9.59 Å². The van der Waals surface area contributed by atoms with Gasteiger partial charge in [0.1, 0.15) is 0 Å². The molecule has 0 aromatic heterocycles. The van der Waals surface area contributed by atoms with Crippen LogP contribution in [0.25, 0.3) is 54.7 Å². The van der Waals surface area contributed by atoms with Gasteiger partial charge in [-0.05, 0) is 102 Å². The Morgan fingerprint density at radius 3 is 1.55 bits per heavy atom. The predicted octanol–water partition coefficient (Wildman–Crippen LogP) is 12.5. The molecule has 256 valence electrons. The number of anilines is 3. The zero-order valence-corrected chi connectivity index (χ0v) is 30.5. The Morgan fingerprint density at radius 1 is 0.472 bits per heavy atom. The second-order valence-corrected chi connectivity index (χ2v) is 15.2. The molecule has 4 heteroatoms. The molecule has 8 aromatic carbocycles. The summed E-state index contributed by atoms with van der Waals surface area (Å²) in [5.74, 6) is -0.234. The van der Waals surface area contributed by atoms with Gasteiger partial charge >= 0.3 is 0 Å². The highest BCUT2D eigenvalue weighted by molar-refractivity contribution is 6.42. The highest BCUT2D eigenvalue weighted by Gasteiger charge is 2.38. The molecular formula is C49H38N2O2. The Bertz CT molecular complexity index is 2770. The Hall–Kier alpha value is -6.26. The minimum atomic E-state index is -0.258. The maximum atomic E-state index is 14.7. The van der Waals surface area contributed by atoms with Gasteiger partial charge in [-0.2, -0.15) is 0 Å². The predicted molar refractivity (Wildman–Crippen MR) is 221 cm³/mol. The molecule has 0 spiro atoms. The first-order valence-corrected chi connectivity index (χ1v) is 18.6. The molecule has 53 heavy (non-hydrogen) atoms. The van der Waals surface area contributed by atoms with Gasteiger partial charge in [-0.15, -0.1) is 0 Å². The van der Waals surface area contributed by atoms with Crippen molar-refractivity contribution in [3.05, 3.63) is 160 Å². The van der Waals surface area contributed by atoms with Crippen molar-refractivity contribution < 1.29 is 9.59 Å². The van der Waals surface area contributed by atoms with Crippen molar-refractivity contribution in [2.24, 2.45) is 0 Å². The number of carbonyl (C=O) groups excluding carboxylic acids is 2. The summed E-state index contributed by atoms with van der Waals surface area (Å²) in [7, 11) is 2.14. The number of nitrogens with zero attached hydrogens (tertiary/aromatic N) is 2. The number of para-hydroxylation sites is 3. The molecule has 0 radical (unpaired) electrons. The van der Waals surface area contributed by atoms with Crippen molar-refractivity contribution in [3.63, 3.8) is 0 Å². The highest BCUT2D eigenvalue weighted by Crippen LogP contribution is 2.48. The topological polar surface area (TPSA) is 40.6 Å². The molecule has 10 rings (SSSR count). The maximum Gasteiger partial charge on any atom is 0.266 e. The average Bonchev–Trinajstić information content (AvgIpc) is 3.18. The number of amides is 2. The third-order valence-electron chi connectivity index (χ3n) is 11.7. The van der Waals surface area contributed by atoms with Crippen molar-refractivity contribution in [2.75, 3.05) is 16.8 Å².